The van der Waals surface area contributed by atoms with Gasteiger partial charge >= 0.3 is 0 Å². The molecule has 4 nitrogen and oxygen atoms in total. The average Bonchev–Trinajstić information content (AvgIpc) is 2.49. The third kappa shape index (κ3) is 1.24. The molecule has 0 radical (unpaired) electrons. The molecule has 0 saturated carbocycles. The molecule has 12 heavy (non-hydrogen) atoms. The molecule has 0 aliphatic carbocycles. The molecule has 2 rings (SSSR count). The van der Waals surface area contributed by atoms with E-state index in [1.54, 1.807) is 22.8 Å². The number of nitrogens with zero attached hydrogens (tertiary/aromatic N) is 4. The van der Waals surface area contributed by atoms with Gasteiger partial charge < -0.3 is 0 Å². The summed E-state index contributed by atoms with van der Waals surface area (Å²) in [5.74, 6) is 1.45. The summed E-state index contributed by atoms with van der Waals surface area (Å²) in [4.78, 5) is 0. The van der Waals surface area contributed by atoms with Crippen molar-refractivity contribution in [1.82, 2.24) is 14.9 Å². The van der Waals surface area contributed by atoms with E-state index in [0.717, 1.165) is 10.9 Å². The van der Waals surface area contributed by atoms with Gasteiger partial charge in [-0.3, -0.25) is 0 Å². The molecule has 0 fully saturated rings. The number of thioether (sulfide) groups is 1. The van der Waals surface area contributed by atoms with Crippen LogP contribution in [0.3, 0.4) is 0 Å². The Bertz CT molecular complexity index is 315. The van der Waals surface area contributed by atoms with Crippen LogP contribution in [-0.4, -0.2) is 26.3 Å². The van der Waals surface area contributed by atoms with Crippen LogP contribution in [0.4, 0.5) is 0 Å². The van der Waals surface area contributed by atoms with Crippen molar-refractivity contribution in [2.24, 2.45) is 11.0 Å². The molecule has 1 aliphatic rings. The van der Waals surface area contributed by atoms with Gasteiger partial charge in [-0.25, -0.2) is 0 Å². The molecule has 2 heterocycles. The number of hydrogen-bond acceptors (Lipinski definition) is 4. The largest absolute Gasteiger partial charge is 0.212 e. The van der Waals surface area contributed by atoms with E-state index in [0.29, 0.717) is 5.92 Å². The van der Waals surface area contributed by atoms with E-state index < -0.39 is 0 Å². The number of fused-ring (bicyclic) bond motifs is 1. The monoisotopic (exact) mass is 182 g/mol. The Morgan fingerprint density at radius 3 is 3.17 bits per heavy atom. The van der Waals surface area contributed by atoms with E-state index in [1.165, 1.54) is 5.71 Å². The van der Waals surface area contributed by atoms with Gasteiger partial charge in [0.2, 0.25) is 5.16 Å². The first-order chi connectivity index (χ1) is 5.77. The lowest BCUT2D eigenvalue weighted by Crippen LogP contribution is -2.16. The van der Waals surface area contributed by atoms with Crippen molar-refractivity contribution in [1.29, 1.82) is 0 Å². The Morgan fingerprint density at radius 2 is 2.42 bits per heavy atom. The fourth-order valence-corrected chi connectivity index (χ4v) is 1.96. The van der Waals surface area contributed by atoms with Crippen molar-refractivity contribution >= 4 is 17.5 Å². The van der Waals surface area contributed by atoms with Gasteiger partial charge in [-0.05, 0) is 5.92 Å². The number of aromatic nitrogens is 3. The highest BCUT2D eigenvalue weighted by molar-refractivity contribution is 7.99. The topological polar surface area (TPSA) is 43.1 Å². The summed E-state index contributed by atoms with van der Waals surface area (Å²) < 4.78 is 1.74. The lowest BCUT2D eigenvalue weighted by Gasteiger charge is -2.13. The Labute approximate surface area is 75.1 Å². The third-order valence-corrected chi connectivity index (χ3v) is 2.72. The highest BCUT2D eigenvalue weighted by atomic mass is 32.2. The van der Waals surface area contributed by atoms with Crippen LogP contribution in [0.25, 0.3) is 0 Å². The Morgan fingerprint density at radius 1 is 1.58 bits per heavy atom. The molecular weight excluding hydrogens is 172 g/mol. The number of hydrogen-bond donors (Lipinski definition) is 0. The molecule has 64 valence electrons. The van der Waals surface area contributed by atoms with Gasteiger partial charge in [-0.1, -0.05) is 25.6 Å². The zero-order chi connectivity index (χ0) is 8.55. The van der Waals surface area contributed by atoms with E-state index in [-0.39, 0.29) is 0 Å². The average molecular weight is 182 g/mol. The number of rotatable bonds is 1. The summed E-state index contributed by atoms with van der Waals surface area (Å²) in [5, 5.41) is 13.0. The molecular formula is C7H10N4S. The van der Waals surface area contributed by atoms with Crippen LogP contribution in [0.5, 0.6) is 0 Å². The summed E-state index contributed by atoms with van der Waals surface area (Å²) in [7, 11) is 0. The van der Waals surface area contributed by atoms with Gasteiger partial charge in [0.15, 0.2) is 0 Å². The van der Waals surface area contributed by atoms with E-state index >= 15 is 0 Å². The third-order valence-electron chi connectivity index (χ3n) is 1.75. The Hall–Kier alpha value is -0.840. The van der Waals surface area contributed by atoms with Crippen molar-refractivity contribution in [3.63, 3.8) is 0 Å². The standard InChI is InChI=1S/C7H10N4S/c1-5(2)6-3-12-7-9-8-4-11(7)10-6/h4-5H,3H2,1-2H3. The summed E-state index contributed by atoms with van der Waals surface area (Å²) in [6, 6.07) is 0. The zero-order valence-corrected chi connectivity index (χ0v) is 7.88. The minimum atomic E-state index is 0.507. The molecule has 0 bridgehead atoms. The van der Waals surface area contributed by atoms with Gasteiger partial charge in [0.05, 0.1) is 5.71 Å². The predicted molar refractivity (Wildman–Crippen MR) is 48.4 cm³/mol. The SMILES string of the molecule is CC(C)C1=Nn2cnnc2SC1. The van der Waals surface area contributed by atoms with Crippen LogP contribution in [0.15, 0.2) is 16.6 Å². The van der Waals surface area contributed by atoms with Crippen molar-refractivity contribution in [2.45, 2.75) is 19.0 Å². The first kappa shape index (κ1) is 7.79. The summed E-state index contributed by atoms with van der Waals surface area (Å²) in [6.07, 6.45) is 1.64. The summed E-state index contributed by atoms with van der Waals surface area (Å²) >= 11 is 1.69. The van der Waals surface area contributed by atoms with Crippen molar-refractivity contribution in [3.8, 4) is 0 Å². The van der Waals surface area contributed by atoms with Gasteiger partial charge in [0, 0.05) is 5.75 Å². The Kier molecular flexibility index (Phi) is 1.88. The normalized spacial score (nSPS) is 16.1. The van der Waals surface area contributed by atoms with Crippen LogP contribution in [0, 0.1) is 5.92 Å². The first-order valence-electron chi connectivity index (χ1n) is 3.88. The van der Waals surface area contributed by atoms with E-state index in [9.17, 15) is 0 Å². The van der Waals surface area contributed by atoms with Crippen LogP contribution in [0.2, 0.25) is 0 Å². The molecule has 1 aliphatic heterocycles. The smallest absolute Gasteiger partial charge is 0.195 e. The second kappa shape index (κ2) is 2.90. The maximum absolute atomic E-state index is 4.39. The van der Waals surface area contributed by atoms with E-state index in [4.69, 9.17) is 0 Å². The highest BCUT2D eigenvalue weighted by Gasteiger charge is 2.15. The molecule has 0 saturated heterocycles. The molecule has 0 amide bonds. The molecule has 1 aromatic heterocycles. The van der Waals surface area contributed by atoms with Gasteiger partial charge in [0.1, 0.15) is 6.33 Å². The molecule has 0 spiro atoms. The predicted octanol–water partition coefficient (Wildman–Crippen LogP) is 1.24. The van der Waals surface area contributed by atoms with Crippen molar-refractivity contribution in [3.05, 3.63) is 6.33 Å². The summed E-state index contributed by atoms with van der Waals surface area (Å²) in [5.41, 5.74) is 1.20. The maximum atomic E-state index is 4.39. The van der Waals surface area contributed by atoms with Crippen LogP contribution < -0.4 is 0 Å². The fourth-order valence-electron chi connectivity index (χ4n) is 0.971. The molecule has 0 aromatic carbocycles. The van der Waals surface area contributed by atoms with Crippen LogP contribution >= 0.6 is 11.8 Å². The molecule has 5 heteroatoms. The quantitative estimate of drug-likeness (QED) is 0.656. The zero-order valence-electron chi connectivity index (χ0n) is 7.06. The minimum absolute atomic E-state index is 0.507. The van der Waals surface area contributed by atoms with Crippen LogP contribution in [-0.2, 0) is 0 Å². The van der Waals surface area contributed by atoms with Gasteiger partial charge in [-0.15, -0.1) is 10.2 Å². The van der Waals surface area contributed by atoms with Gasteiger partial charge in [-0.2, -0.15) is 9.78 Å². The maximum Gasteiger partial charge on any atom is 0.212 e. The van der Waals surface area contributed by atoms with Crippen molar-refractivity contribution in [2.75, 3.05) is 5.75 Å². The van der Waals surface area contributed by atoms with Crippen LogP contribution in [0.1, 0.15) is 13.8 Å². The fraction of sp³-hybridized carbons (Fsp3) is 0.571. The first-order valence-corrected chi connectivity index (χ1v) is 4.86. The minimum Gasteiger partial charge on any atom is -0.195 e. The lowest BCUT2D eigenvalue weighted by molar-refractivity contribution is 0.731. The molecule has 1 aromatic rings. The molecule has 0 atom stereocenters. The van der Waals surface area contributed by atoms with Crippen molar-refractivity contribution < 1.29 is 0 Å². The second-order valence-electron chi connectivity index (χ2n) is 2.99. The molecule has 0 N–H and O–H groups in total. The second-order valence-corrected chi connectivity index (χ2v) is 3.94. The molecule has 0 unspecified atom stereocenters. The van der Waals surface area contributed by atoms with E-state index in [1.807, 2.05) is 0 Å². The van der Waals surface area contributed by atoms with Gasteiger partial charge in [0.25, 0.3) is 0 Å². The lowest BCUT2D eigenvalue weighted by atomic mass is 10.1. The Balaban J connectivity index is 2.35. The highest BCUT2D eigenvalue weighted by Crippen LogP contribution is 2.21. The summed E-state index contributed by atoms with van der Waals surface area (Å²) in [6.45, 7) is 4.30. The van der Waals surface area contributed by atoms with E-state index in [2.05, 4.69) is 29.1 Å².